The van der Waals surface area contributed by atoms with E-state index in [1.54, 1.807) is 0 Å². The fraction of sp³-hybridized carbons (Fsp3) is 0.636. The van der Waals surface area contributed by atoms with Crippen molar-refractivity contribution < 1.29 is 22.9 Å². The first-order valence-corrected chi connectivity index (χ1v) is 20.5. The molecule has 0 atom stereocenters. The number of hydrogen-bond acceptors (Lipinski definition) is 2. The first-order valence-electron chi connectivity index (χ1n) is 11.0. The summed E-state index contributed by atoms with van der Waals surface area (Å²) in [4.78, 5) is 0. The van der Waals surface area contributed by atoms with Gasteiger partial charge >= 0.3 is 181 Å². The van der Waals surface area contributed by atoms with Crippen LogP contribution in [0.4, 0.5) is 0 Å². The summed E-state index contributed by atoms with van der Waals surface area (Å²) in [6.45, 7) is 15.9. The molecule has 2 saturated heterocycles. The van der Waals surface area contributed by atoms with E-state index >= 15 is 0 Å². The molecular formula is C22H36HfN2Si2. The zero-order valence-corrected chi connectivity index (χ0v) is 23.4. The number of hydrogen-bond donors (Lipinski definition) is 0. The fourth-order valence-corrected chi connectivity index (χ4v) is 23.8. The summed E-state index contributed by atoms with van der Waals surface area (Å²) >= 11 is -0.905. The third-order valence-electron chi connectivity index (χ3n) is 7.28. The quantitative estimate of drug-likeness (QED) is 0.412. The van der Waals surface area contributed by atoms with Gasteiger partial charge in [-0.05, 0) is 0 Å². The molecule has 2 nitrogen and oxygen atoms in total. The molecule has 2 aliphatic carbocycles. The molecule has 146 valence electrons. The molecule has 0 bridgehead atoms. The predicted octanol–water partition coefficient (Wildman–Crippen LogP) is 5.18. The number of allylic oxidation sites excluding steroid dienone is 8. The normalized spacial score (nSPS) is 24.9. The molecule has 0 unspecified atom stereocenters. The average Bonchev–Trinajstić information content (AvgIpc) is 3.40. The second kappa shape index (κ2) is 8.13. The summed E-state index contributed by atoms with van der Waals surface area (Å²) in [5.41, 5.74) is 0. The molecule has 27 heavy (non-hydrogen) atoms. The Hall–Kier alpha value is 0.184. The van der Waals surface area contributed by atoms with Crippen LogP contribution in [0.5, 0.6) is 0 Å². The Morgan fingerprint density at radius 2 is 1.04 bits per heavy atom. The molecule has 4 aliphatic rings. The van der Waals surface area contributed by atoms with Crippen molar-refractivity contribution >= 4 is 16.5 Å². The Morgan fingerprint density at radius 3 is 1.41 bits per heavy atom. The molecule has 0 saturated carbocycles. The average molecular weight is 563 g/mol. The van der Waals surface area contributed by atoms with Crippen molar-refractivity contribution in [1.29, 1.82) is 0 Å². The van der Waals surface area contributed by atoms with Gasteiger partial charge in [0.15, 0.2) is 0 Å². The zero-order chi connectivity index (χ0) is 19.1. The second-order valence-corrected chi connectivity index (χ2v) is 23.4. The van der Waals surface area contributed by atoms with Crippen LogP contribution >= 0.6 is 0 Å². The van der Waals surface area contributed by atoms with Crippen LogP contribution in [0.3, 0.4) is 0 Å². The molecule has 0 aromatic rings. The maximum absolute atomic E-state index is 2.88. The van der Waals surface area contributed by atoms with Gasteiger partial charge in [-0.25, -0.2) is 0 Å². The van der Waals surface area contributed by atoms with Gasteiger partial charge in [-0.3, -0.25) is 0 Å². The topological polar surface area (TPSA) is 6.48 Å². The minimum absolute atomic E-state index is 0.905. The summed E-state index contributed by atoms with van der Waals surface area (Å²) in [6, 6.07) is 0. The van der Waals surface area contributed by atoms with Crippen LogP contribution in [0.2, 0.25) is 26.2 Å². The van der Waals surface area contributed by atoms with E-state index in [1.807, 2.05) is 17.1 Å². The van der Waals surface area contributed by atoms with E-state index in [2.05, 4.69) is 59.6 Å². The molecule has 2 fully saturated rings. The van der Waals surface area contributed by atoms with Crippen molar-refractivity contribution in [3.05, 3.63) is 41.4 Å². The predicted molar refractivity (Wildman–Crippen MR) is 118 cm³/mol. The third-order valence-corrected chi connectivity index (χ3v) is 22.3. The monoisotopic (exact) mass is 564 g/mol. The molecule has 0 amide bonds. The Labute approximate surface area is 180 Å². The van der Waals surface area contributed by atoms with Crippen LogP contribution in [-0.2, 0) is 22.9 Å². The van der Waals surface area contributed by atoms with Gasteiger partial charge in [0, 0.05) is 0 Å². The molecule has 0 spiro atoms. The van der Waals surface area contributed by atoms with E-state index in [-0.39, 0.29) is 0 Å². The van der Waals surface area contributed by atoms with E-state index in [0.29, 0.717) is 0 Å². The summed E-state index contributed by atoms with van der Waals surface area (Å²) < 4.78 is 9.65. The van der Waals surface area contributed by atoms with Crippen molar-refractivity contribution in [3.63, 3.8) is 0 Å². The second-order valence-electron chi connectivity index (χ2n) is 9.63. The van der Waals surface area contributed by atoms with Crippen molar-refractivity contribution in [2.45, 2.75) is 64.7 Å². The van der Waals surface area contributed by atoms with Gasteiger partial charge < -0.3 is 0 Å². The van der Waals surface area contributed by atoms with Gasteiger partial charge in [0.2, 0.25) is 0 Å². The Balaban J connectivity index is 1.60. The SMILES string of the molecule is C[Si](C)(C1=[C]([Hf][C]2=C([Si](C)(C)N3CCCC3)C=CC2)CC=C1)N1CCCC1. The molecule has 0 radical (unpaired) electrons. The van der Waals surface area contributed by atoms with E-state index in [9.17, 15) is 0 Å². The summed E-state index contributed by atoms with van der Waals surface area (Å²) in [5.74, 6) is 0. The van der Waals surface area contributed by atoms with Gasteiger partial charge in [0.1, 0.15) is 0 Å². The van der Waals surface area contributed by atoms with E-state index in [0.717, 1.165) is 0 Å². The van der Waals surface area contributed by atoms with E-state index in [1.165, 1.54) is 64.7 Å². The van der Waals surface area contributed by atoms with Crippen molar-refractivity contribution in [2.75, 3.05) is 26.2 Å². The molecule has 5 heteroatoms. The third kappa shape index (κ3) is 3.96. The van der Waals surface area contributed by atoms with Gasteiger partial charge in [0.05, 0.1) is 0 Å². The standard InChI is InChI=1S/2C11H18NSi.Hf/c2*1-13(2,11-7-3-4-8-11)12-9-5-6-10-12;/h2*3,7H,4-6,9-10H2,1-2H3;. The summed E-state index contributed by atoms with van der Waals surface area (Å²) in [6.07, 6.45) is 18.3. The van der Waals surface area contributed by atoms with Crippen LogP contribution in [0, 0.1) is 0 Å². The number of rotatable bonds is 6. The summed E-state index contributed by atoms with van der Waals surface area (Å²) in [7, 11) is -2.87. The van der Waals surface area contributed by atoms with E-state index < -0.39 is 39.4 Å². The van der Waals surface area contributed by atoms with Crippen LogP contribution in [-0.4, -0.2) is 51.8 Å². The van der Waals surface area contributed by atoms with Crippen LogP contribution in [0.1, 0.15) is 38.5 Å². The maximum atomic E-state index is 2.88. The van der Waals surface area contributed by atoms with Crippen molar-refractivity contribution in [1.82, 2.24) is 9.13 Å². The first-order chi connectivity index (χ1) is 12.9. The van der Waals surface area contributed by atoms with Crippen LogP contribution in [0.25, 0.3) is 0 Å². The first kappa shape index (κ1) is 20.5. The molecule has 4 rings (SSSR count). The van der Waals surface area contributed by atoms with Gasteiger partial charge in [0.25, 0.3) is 0 Å². The van der Waals surface area contributed by atoms with Gasteiger partial charge in [-0.15, -0.1) is 0 Å². The van der Waals surface area contributed by atoms with Gasteiger partial charge in [-0.1, -0.05) is 0 Å². The molecule has 2 aliphatic heterocycles. The van der Waals surface area contributed by atoms with E-state index in [4.69, 9.17) is 0 Å². The Kier molecular flexibility index (Phi) is 6.16. The molecule has 0 N–H and O–H groups in total. The Bertz CT molecular complexity index is 646. The van der Waals surface area contributed by atoms with Crippen molar-refractivity contribution in [2.24, 2.45) is 0 Å². The van der Waals surface area contributed by atoms with Crippen LogP contribution in [0.15, 0.2) is 41.4 Å². The van der Waals surface area contributed by atoms with Crippen LogP contribution < -0.4 is 0 Å². The van der Waals surface area contributed by atoms with Crippen molar-refractivity contribution in [3.8, 4) is 0 Å². The zero-order valence-electron chi connectivity index (χ0n) is 17.8. The summed E-state index contributed by atoms with van der Waals surface area (Å²) in [5, 5.41) is 3.68. The molecule has 0 aromatic carbocycles. The molecular weight excluding hydrogens is 527 g/mol. The molecule has 0 aromatic heterocycles. The van der Waals surface area contributed by atoms with Gasteiger partial charge in [-0.2, -0.15) is 0 Å². The molecule has 2 heterocycles. The Morgan fingerprint density at radius 1 is 0.667 bits per heavy atom. The number of nitrogens with zero attached hydrogens (tertiary/aromatic N) is 2. The fourth-order valence-electron chi connectivity index (χ4n) is 5.47. The minimum atomic E-state index is -1.43.